The Kier molecular flexibility index (Phi) is 3.95. The van der Waals surface area contributed by atoms with Gasteiger partial charge >= 0.3 is 0 Å². The minimum atomic E-state index is -0.0847. The molecule has 0 nitrogen and oxygen atoms in total. The van der Waals surface area contributed by atoms with Gasteiger partial charge in [-0.05, 0) is 94.0 Å². The number of hydrogen-bond acceptors (Lipinski definition) is 0. The monoisotopic (exact) mass is 494 g/mol. The largest absolute Gasteiger partial charge is 0.0616 e. The van der Waals surface area contributed by atoms with E-state index in [4.69, 9.17) is 0 Å². The third kappa shape index (κ3) is 2.59. The van der Waals surface area contributed by atoms with Gasteiger partial charge in [0.25, 0.3) is 0 Å². The van der Waals surface area contributed by atoms with Crippen molar-refractivity contribution in [3.63, 3.8) is 0 Å². The lowest BCUT2D eigenvalue weighted by Gasteiger charge is -2.23. The van der Waals surface area contributed by atoms with Crippen LogP contribution in [-0.2, 0) is 5.41 Å². The van der Waals surface area contributed by atoms with Crippen LogP contribution in [-0.4, -0.2) is 0 Å². The Morgan fingerprint density at radius 3 is 1.79 bits per heavy atom. The van der Waals surface area contributed by atoms with Crippen LogP contribution in [0.25, 0.3) is 76.8 Å². The maximum absolute atomic E-state index is 2.51. The van der Waals surface area contributed by atoms with E-state index >= 15 is 0 Å². The van der Waals surface area contributed by atoms with Crippen molar-refractivity contribution < 1.29 is 0 Å². The molecule has 2 aliphatic carbocycles. The summed E-state index contributed by atoms with van der Waals surface area (Å²) < 4.78 is 0. The third-order valence-electron chi connectivity index (χ3n) is 9.41. The SMILES string of the molecule is CC1(C)c2ccc3ccccc3c2-c2c1cc(-c1ccc3c4c(cccc14)-c1ccccc1-3)c1ccccc21. The molecule has 0 bridgehead atoms. The van der Waals surface area contributed by atoms with Crippen LogP contribution in [0.4, 0.5) is 0 Å². The normalized spacial score (nSPS) is 14.1. The summed E-state index contributed by atoms with van der Waals surface area (Å²) in [4.78, 5) is 0. The fourth-order valence-electron chi connectivity index (χ4n) is 7.61. The zero-order valence-corrected chi connectivity index (χ0v) is 22.0. The molecule has 0 heterocycles. The molecule has 0 saturated heterocycles. The van der Waals surface area contributed by atoms with Crippen molar-refractivity contribution in [2.45, 2.75) is 19.3 Å². The van der Waals surface area contributed by atoms with E-state index in [0.717, 1.165) is 0 Å². The van der Waals surface area contributed by atoms with Crippen LogP contribution in [0.5, 0.6) is 0 Å². The van der Waals surface area contributed by atoms with E-state index < -0.39 is 0 Å². The van der Waals surface area contributed by atoms with E-state index in [1.54, 1.807) is 0 Å². The van der Waals surface area contributed by atoms with Gasteiger partial charge in [-0.3, -0.25) is 0 Å². The quantitative estimate of drug-likeness (QED) is 0.213. The highest BCUT2D eigenvalue weighted by Crippen LogP contribution is 2.56. The molecular formula is C39H26. The first-order valence-electron chi connectivity index (χ1n) is 13.9. The van der Waals surface area contributed by atoms with Crippen molar-refractivity contribution >= 4 is 32.3 Å². The molecule has 0 fully saturated rings. The molecule has 0 unspecified atom stereocenters. The predicted molar refractivity (Wildman–Crippen MR) is 166 cm³/mol. The van der Waals surface area contributed by atoms with Crippen molar-refractivity contribution in [2.24, 2.45) is 0 Å². The Morgan fingerprint density at radius 2 is 0.974 bits per heavy atom. The molecule has 7 aromatic rings. The standard InChI is InChI=1S/C39H26/c1-39(2)34-21-18-23-10-3-4-11-24(23)37(34)38-31-15-8-7-14-27(31)33(22-35(38)39)28-19-20-32-26-13-6-5-12-25(26)29-16-9-17-30(28)36(29)32/h3-22H,1-2H3. The molecule has 0 aliphatic heterocycles. The van der Waals surface area contributed by atoms with Crippen molar-refractivity contribution in [1.29, 1.82) is 0 Å². The van der Waals surface area contributed by atoms with Crippen LogP contribution >= 0.6 is 0 Å². The smallest absolute Gasteiger partial charge is 0.0159 e. The minimum Gasteiger partial charge on any atom is -0.0616 e. The van der Waals surface area contributed by atoms with Crippen LogP contribution in [0.15, 0.2) is 121 Å². The van der Waals surface area contributed by atoms with E-state index in [9.17, 15) is 0 Å². The van der Waals surface area contributed by atoms with Crippen LogP contribution in [0, 0.1) is 0 Å². The molecule has 39 heavy (non-hydrogen) atoms. The van der Waals surface area contributed by atoms with Gasteiger partial charge < -0.3 is 0 Å². The van der Waals surface area contributed by atoms with E-state index in [1.807, 2.05) is 0 Å². The molecule has 7 aromatic carbocycles. The Morgan fingerprint density at radius 1 is 0.385 bits per heavy atom. The first-order chi connectivity index (χ1) is 19.1. The molecule has 0 amide bonds. The molecular weight excluding hydrogens is 468 g/mol. The summed E-state index contributed by atoms with van der Waals surface area (Å²) in [6.45, 7) is 4.80. The van der Waals surface area contributed by atoms with Gasteiger partial charge in [0, 0.05) is 5.41 Å². The maximum atomic E-state index is 2.51. The van der Waals surface area contributed by atoms with Gasteiger partial charge in [-0.25, -0.2) is 0 Å². The highest BCUT2D eigenvalue weighted by Gasteiger charge is 2.38. The molecule has 2 aliphatic rings. The third-order valence-corrected chi connectivity index (χ3v) is 9.41. The number of rotatable bonds is 1. The molecule has 0 atom stereocenters. The molecule has 9 rings (SSSR count). The lowest BCUT2D eigenvalue weighted by atomic mass is 9.80. The molecule has 0 aromatic heterocycles. The summed E-state index contributed by atoms with van der Waals surface area (Å²) in [5.41, 5.74) is 13.6. The Balaban J connectivity index is 1.41. The van der Waals surface area contributed by atoms with E-state index in [0.29, 0.717) is 0 Å². The lowest BCUT2D eigenvalue weighted by Crippen LogP contribution is -2.15. The lowest BCUT2D eigenvalue weighted by molar-refractivity contribution is 0.661. The molecule has 0 saturated carbocycles. The zero-order valence-electron chi connectivity index (χ0n) is 22.0. The molecule has 0 radical (unpaired) electrons. The molecule has 0 spiro atoms. The van der Waals surface area contributed by atoms with E-state index in [1.165, 1.54) is 88.0 Å². The second-order valence-corrected chi connectivity index (χ2v) is 11.7. The Labute approximate surface area is 228 Å². The van der Waals surface area contributed by atoms with Gasteiger partial charge in [0.2, 0.25) is 0 Å². The first kappa shape index (κ1) is 21.3. The fraction of sp³-hybridized carbons (Fsp3) is 0.0769. The van der Waals surface area contributed by atoms with Crippen LogP contribution in [0.3, 0.4) is 0 Å². The zero-order chi connectivity index (χ0) is 25.9. The molecule has 0 N–H and O–H groups in total. The molecule has 182 valence electrons. The average Bonchev–Trinajstić information content (AvgIpc) is 3.43. The van der Waals surface area contributed by atoms with Gasteiger partial charge in [-0.2, -0.15) is 0 Å². The summed E-state index contributed by atoms with van der Waals surface area (Å²) in [5, 5.41) is 8.05. The summed E-state index contributed by atoms with van der Waals surface area (Å²) in [5.74, 6) is 0. The van der Waals surface area contributed by atoms with Crippen molar-refractivity contribution in [3.8, 4) is 44.5 Å². The second kappa shape index (κ2) is 7.24. The van der Waals surface area contributed by atoms with Gasteiger partial charge in [-0.15, -0.1) is 0 Å². The van der Waals surface area contributed by atoms with Crippen molar-refractivity contribution in [2.75, 3.05) is 0 Å². The highest BCUT2D eigenvalue weighted by molar-refractivity contribution is 6.21. The van der Waals surface area contributed by atoms with Crippen molar-refractivity contribution in [3.05, 3.63) is 132 Å². The summed E-state index contributed by atoms with van der Waals surface area (Å²) in [6.07, 6.45) is 0. The van der Waals surface area contributed by atoms with E-state index in [2.05, 4.69) is 135 Å². The van der Waals surface area contributed by atoms with Crippen LogP contribution < -0.4 is 0 Å². The summed E-state index contributed by atoms with van der Waals surface area (Å²) in [7, 11) is 0. The Hall–Kier alpha value is -4.68. The topological polar surface area (TPSA) is 0 Å². The number of hydrogen-bond donors (Lipinski definition) is 0. The van der Waals surface area contributed by atoms with Gasteiger partial charge in [-0.1, -0.05) is 129 Å². The van der Waals surface area contributed by atoms with Gasteiger partial charge in [0.1, 0.15) is 0 Å². The van der Waals surface area contributed by atoms with Crippen LogP contribution in [0.2, 0.25) is 0 Å². The van der Waals surface area contributed by atoms with E-state index in [-0.39, 0.29) is 5.41 Å². The predicted octanol–water partition coefficient (Wildman–Crippen LogP) is 10.8. The summed E-state index contributed by atoms with van der Waals surface area (Å²) >= 11 is 0. The molecule has 0 heteroatoms. The summed E-state index contributed by atoms with van der Waals surface area (Å²) in [6, 6.07) is 45.5. The number of fused-ring (bicyclic) bond motifs is 10. The Bertz CT molecular complexity index is 2160. The van der Waals surface area contributed by atoms with Crippen molar-refractivity contribution in [1.82, 2.24) is 0 Å². The fourth-order valence-corrected chi connectivity index (χ4v) is 7.61. The maximum Gasteiger partial charge on any atom is 0.0159 e. The minimum absolute atomic E-state index is 0.0847. The second-order valence-electron chi connectivity index (χ2n) is 11.7. The number of benzene rings is 7. The van der Waals surface area contributed by atoms with Gasteiger partial charge in [0.15, 0.2) is 0 Å². The van der Waals surface area contributed by atoms with Gasteiger partial charge in [0.05, 0.1) is 0 Å². The van der Waals surface area contributed by atoms with Crippen LogP contribution in [0.1, 0.15) is 25.0 Å². The highest BCUT2D eigenvalue weighted by atomic mass is 14.4. The average molecular weight is 495 g/mol. The first-order valence-corrected chi connectivity index (χ1v) is 13.9.